The van der Waals surface area contributed by atoms with Crippen LogP contribution in [-0.4, -0.2) is 33.5 Å². The van der Waals surface area contributed by atoms with Gasteiger partial charge in [-0.15, -0.1) is 0 Å². The van der Waals surface area contributed by atoms with Gasteiger partial charge in [-0.2, -0.15) is 13.2 Å². The molecule has 0 aliphatic rings. The minimum absolute atomic E-state index is 0.00841. The summed E-state index contributed by atoms with van der Waals surface area (Å²) in [6.45, 7) is 0.546. The number of rotatable bonds is 7. The van der Waals surface area contributed by atoms with Crippen molar-refractivity contribution in [3.63, 3.8) is 0 Å². The van der Waals surface area contributed by atoms with E-state index < -0.39 is 23.0 Å². The lowest BCUT2D eigenvalue weighted by Gasteiger charge is -2.11. The first-order valence-electron chi connectivity index (χ1n) is 9.01. The van der Waals surface area contributed by atoms with Gasteiger partial charge in [-0.25, -0.2) is 9.78 Å². The van der Waals surface area contributed by atoms with E-state index in [4.69, 9.17) is 0 Å². The number of nitrogens with one attached hydrogen (secondary N) is 3. The van der Waals surface area contributed by atoms with E-state index in [0.717, 1.165) is 12.3 Å². The number of hydrogen-bond donors (Lipinski definition) is 3. The Morgan fingerprint density at radius 2 is 1.87 bits per heavy atom. The number of nitrogens with zero attached hydrogens (tertiary/aromatic N) is 2. The molecule has 0 aliphatic carbocycles. The van der Waals surface area contributed by atoms with Crippen molar-refractivity contribution in [2.24, 2.45) is 0 Å². The van der Waals surface area contributed by atoms with Crippen molar-refractivity contribution < 1.29 is 18.0 Å². The van der Waals surface area contributed by atoms with E-state index in [0.29, 0.717) is 10.9 Å². The highest BCUT2D eigenvalue weighted by Crippen LogP contribution is 2.28. The van der Waals surface area contributed by atoms with Crippen molar-refractivity contribution in [2.45, 2.75) is 19.1 Å². The zero-order chi connectivity index (χ0) is 21.7. The van der Waals surface area contributed by atoms with Gasteiger partial charge in [0, 0.05) is 32.3 Å². The summed E-state index contributed by atoms with van der Waals surface area (Å²) in [5.74, 6) is -0.0668. The standard InChI is InChI=1S/C19H18F3N5O3/c20-19(21,22)12-5-6-15(25-11-12)23-8-9-24-16(28)7-10-27-14-4-2-1-3-13(14)17(29)26-18(27)30/h1-6,11H,7-10H2,(H,23,25)(H,24,28)(H,26,29,30). The summed E-state index contributed by atoms with van der Waals surface area (Å²) >= 11 is 0. The molecule has 0 unspecified atom stereocenters. The molecule has 11 heteroatoms. The third-order valence-corrected chi connectivity index (χ3v) is 4.31. The van der Waals surface area contributed by atoms with Crippen LogP contribution in [0.4, 0.5) is 19.0 Å². The van der Waals surface area contributed by atoms with Crippen LogP contribution < -0.4 is 21.9 Å². The molecule has 0 fully saturated rings. The van der Waals surface area contributed by atoms with Gasteiger partial charge in [-0.1, -0.05) is 12.1 Å². The summed E-state index contributed by atoms with van der Waals surface area (Å²) in [6.07, 6.45) is -3.71. The molecule has 2 aromatic heterocycles. The number of aromatic nitrogens is 3. The lowest BCUT2D eigenvalue weighted by Crippen LogP contribution is -2.33. The lowest BCUT2D eigenvalue weighted by molar-refractivity contribution is -0.137. The van der Waals surface area contributed by atoms with Gasteiger partial charge in [0.05, 0.1) is 16.5 Å². The van der Waals surface area contributed by atoms with Crippen LogP contribution in [0, 0.1) is 0 Å². The first-order chi connectivity index (χ1) is 14.3. The van der Waals surface area contributed by atoms with Crippen LogP contribution in [-0.2, 0) is 17.5 Å². The number of pyridine rings is 1. The fourth-order valence-electron chi connectivity index (χ4n) is 2.82. The van der Waals surface area contributed by atoms with E-state index in [1.54, 1.807) is 24.3 Å². The van der Waals surface area contributed by atoms with Crippen molar-refractivity contribution in [2.75, 3.05) is 18.4 Å². The monoisotopic (exact) mass is 421 g/mol. The average Bonchev–Trinajstić information content (AvgIpc) is 2.71. The molecular weight excluding hydrogens is 403 g/mol. The first-order valence-corrected chi connectivity index (χ1v) is 9.01. The SMILES string of the molecule is O=C(CCn1c(=O)[nH]c(=O)c2ccccc21)NCCNc1ccc(C(F)(F)F)cn1. The molecule has 0 spiro atoms. The second kappa shape index (κ2) is 8.80. The predicted octanol–water partition coefficient (Wildman–Crippen LogP) is 1.72. The fourth-order valence-corrected chi connectivity index (χ4v) is 2.82. The smallest absolute Gasteiger partial charge is 0.368 e. The normalized spacial score (nSPS) is 11.4. The van der Waals surface area contributed by atoms with E-state index in [-0.39, 0.29) is 37.8 Å². The van der Waals surface area contributed by atoms with Gasteiger partial charge in [-0.3, -0.25) is 19.1 Å². The Morgan fingerprint density at radius 3 is 2.57 bits per heavy atom. The molecule has 158 valence electrons. The van der Waals surface area contributed by atoms with Gasteiger partial charge in [0.15, 0.2) is 0 Å². The third-order valence-electron chi connectivity index (χ3n) is 4.31. The van der Waals surface area contributed by atoms with Gasteiger partial charge in [0.25, 0.3) is 5.56 Å². The van der Waals surface area contributed by atoms with Crippen molar-refractivity contribution in [3.05, 3.63) is 69.0 Å². The van der Waals surface area contributed by atoms with Crippen LogP contribution in [0.3, 0.4) is 0 Å². The summed E-state index contributed by atoms with van der Waals surface area (Å²) in [5.41, 5.74) is -1.48. The Kier molecular flexibility index (Phi) is 6.19. The summed E-state index contributed by atoms with van der Waals surface area (Å²) in [5, 5.41) is 5.80. The molecule has 0 aliphatic heterocycles. The number of halogens is 3. The number of aromatic amines is 1. The lowest BCUT2D eigenvalue weighted by atomic mass is 10.2. The van der Waals surface area contributed by atoms with Gasteiger partial charge < -0.3 is 10.6 Å². The fraction of sp³-hybridized carbons (Fsp3) is 0.263. The Bertz CT molecular complexity index is 1150. The molecular formula is C19H18F3N5O3. The number of fused-ring (bicyclic) bond motifs is 1. The van der Waals surface area contributed by atoms with Crippen LogP contribution in [0.15, 0.2) is 52.2 Å². The molecule has 2 heterocycles. The Balaban J connectivity index is 1.49. The number of carbonyl (C=O) groups excluding carboxylic acids is 1. The number of benzene rings is 1. The summed E-state index contributed by atoms with van der Waals surface area (Å²) in [6, 6.07) is 8.71. The van der Waals surface area contributed by atoms with Gasteiger partial charge in [0.2, 0.25) is 5.91 Å². The highest BCUT2D eigenvalue weighted by atomic mass is 19.4. The number of amides is 1. The highest BCUT2D eigenvalue weighted by Gasteiger charge is 2.30. The number of aryl methyl sites for hydroxylation is 1. The van der Waals surface area contributed by atoms with Gasteiger partial charge >= 0.3 is 11.9 Å². The summed E-state index contributed by atoms with van der Waals surface area (Å²) in [4.78, 5) is 41.8. The molecule has 3 rings (SSSR count). The molecule has 8 nitrogen and oxygen atoms in total. The van der Waals surface area contributed by atoms with Crippen LogP contribution in [0.25, 0.3) is 10.9 Å². The predicted molar refractivity (Wildman–Crippen MR) is 104 cm³/mol. The molecule has 0 saturated heterocycles. The number of anilines is 1. The van der Waals surface area contributed by atoms with E-state index in [1.165, 1.54) is 10.6 Å². The topological polar surface area (TPSA) is 109 Å². The zero-order valence-corrected chi connectivity index (χ0v) is 15.6. The Morgan fingerprint density at radius 1 is 1.10 bits per heavy atom. The third kappa shape index (κ3) is 5.04. The minimum Gasteiger partial charge on any atom is -0.368 e. The second-order valence-corrected chi connectivity index (χ2v) is 6.38. The molecule has 30 heavy (non-hydrogen) atoms. The second-order valence-electron chi connectivity index (χ2n) is 6.38. The molecule has 0 bridgehead atoms. The van der Waals surface area contributed by atoms with Crippen LogP contribution >= 0.6 is 0 Å². The number of hydrogen-bond acceptors (Lipinski definition) is 5. The largest absolute Gasteiger partial charge is 0.417 e. The van der Waals surface area contributed by atoms with Crippen LogP contribution in [0.5, 0.6) is 0 Å². The van der Waals surface area contributed by atoms with E-state index >= 15 is 0 Å². The van der Waals surface area contributed by atoms with Gasteiger partial charge in [-0.05, 0) is 24.3 Å². The number of carbonyl (C=O) groups is 1. The maximum atomic E-state index is 12.5. The molecule has 1 amide bonds. The Hall–Kier alpha value is -3.63. The molecule has 3 aromatic rings. The van der Waals surface area contributed by atoms with Crippen molar-refractivity contribution in [1.82, 2.24) is 19.9 Å². The first kappa shape index (κ1) is 21.1. The number of para-hydroxylation sites is 1. The van der Waals surface area contributed by atoms with Gasteiger partial charge in [0.1, 0.15) is 5.82 Å². The molecule has 0 atom stereocenters. The summed E-state index contributed by atoms with van der Waals surface area (Å²) in [7, 11) is 0. The Labute approximate surface area is 167 Å². The molecule has 0 radical (unpaired) electrons. The minimum atomic E-state index is -4.45. The van der Waals surface area contributed by atoms with Crippen molar-refractivity contribution in [1.29, 1.82) is 0 Å². The maximum absolute atomic E-state index is 12.5. The molecule has 1 aromatic carbocycles. The molecule has 3 N–H and O–H groups in total. The highest BCUT2D eigenvalue weighted by molar-refractivity contribution is 5.78. The quantitative estimate of drug-likeness (QED) is 0.504. The summed E-state index contributed by atoms with van der Waals surface area (Å²) < 4.78 is 38.8. The van der Waals surface area contributed by atoms with E-state index in [9.17, 15) is 27.6 Å². The van der Waals surface area contributed by atoms with E-state index in [1.807, 2.05) is 0 Å². The number of H-pyrrole nitrogens is 1. The van der Waals surface area contributed by atoms with Crippen LogP contribution in [0.1, 0.15) is 12.0 Å². The van der Waals surface area contributed by atoms with Crippen molar-refractivity contribution >= 4 is 22.6 Å². The van der Waals surface area contributed by atoms with E-state index in [2.05, 4.69) is 20.6 Å². The zero-order valence-electron chi connectivity index (χ0n) is 15.6. The van der Waals surface area contributed by atoms with Crippen LogP contribution in [0.2, 0.25) is 0 Å². The number of alkyl halides is 3. The average molecular weight is 421 g/mol. The van der Waals surface area contributed by atoms with Crippen molar-refractivity contribution in [3.8, 4) is 0 Å². The molecule has 0 saturated carbocycles. The maximum Gasteiger partial charge on any atom is 0.417 e.